The number of halogens is 2. The molecular weight excluding hydrogens is 341 g/mol. The van der Waals surface area contributed by atoms with E-state index in [0.29, 0.717) is 11.7 Å². The molecule has 3 rings (SSSR count). The molecule has 1 saturated carbocycles. The minimum absolute atomic E-state index is 0. The Hall–Kier alpha value is -1.70. The zero-order valence-corrected chi connectivity index (χ0v) is 14.0. The zero-order chi connectivity index (χ0) is 14.7. The molecule has 1 fully saturated rings. The summed E-state index contributed by atoms with van der Waals surface area (Å²) in [6.07, 6.45) is 6.76. The van der Waals surface area contributed by atoms with Gasteiger partial charge in [0.15, 0.2) is 0 Å². The topological polar surface area (TPSA) is 107 Å². The number of aromatic nitrogens is 3. The van der Waals surface area contributed by atoms with Crippen molar-refractivity contribution in [1.29, 1.82) is 0 Å². The predicted molar refractivity (Wildman–Crippen MR) is 89.3 cm³/mol. The fourth-order valence-corrected chi connectivity index (χ4v) is 2.51. The maximum absolute atomic E-state index is 12.1. The van der Waals surface area contributed by atoms with Crippen LogP contribution in [0.25, 0.3) is 11.4 Å². The van der Waals surface area contributed by atoms with E-state index in [-0.39, 0.29) is 37.3 Å². The van der Waals surface area contributed by atoms with Gasteiger partial charge >= 0.3 is 0 Å². The SMILES string of the molecule is Cl.Cl.NC1(C(=O)NCc2nc(-c3ccncc3)no2)CCCC1. The van der Waals surface area contributed by atoms with Crippen molar-refractivity contribution < 1.29 is 9.32 Å². The molecule has 1 amide bonds. The molecule has 1 aliphatic rings. The molecule has 1 aliphatic carbocycles. The van der Waals surface area contributed by atoms with E-state index >= 15 is 0 Å². The highest BCUT2D eigenvalue weighted by molar-refractivity contribution is 5.86. The predicted octanol–water partition coefficient (Wildman–Crippen LogP) is 1.86. The van der Waals surface area contributed by atoms with E-state index in [0.717, 1.165) is 31.2 Å². The van der Waals surface area contributed by atoms with Crippen molar-refractivity contribution >= 4 is 30.7 Å². The van der Waals surface area contributed by atoms with Crippen LogP contribution in [-0.2, 0) is 11.3 Å². The van der Waals surface area contributed by atoms with E-state index in [1.165, 1.54) is 0 Å². The molecule has 0 saturated heterocycles. The van der Waals surface area contributed by atoms with E-state index in [9.17, 15) is 4.79 Å². The Morgan fingerprint density at radius 2 is 1.91 bits per heavy atom. The van der Waals surface area contributed by atoms with Gasteiger partial charge in [0.2, 0.25) is 17.6 Å². The first-order valence-corrected chi connectivity index (χ1v) is 6.97. The van der Waals surface area contributed by atoms with Crippen LogP contribution in [-0.4, -0.2) is 26.6 Å². The van der Waals surface area contributed by atoms with Crippen LogP contribution in [0.1, 0.15) is 31.6 Å². The van der Waals surface area contributed by atoms with Gasteiger partial charge < -0.3 is 15.6 Å². The van der Waals surface area contributed by atoms with Crippen molar-refractivity contribution in [3.63, 3.8) is 0 Å². The second-order valence-electron chi connectivity index (χ2n) is 5.29. The average molecular weight is 360 g/mol. The van der Waals surface area contributed by atoms with Gasteiger partial charge in [-0.25, -0.2) is 0 Å². The highest BCUT2D eigenvalue weighted by Crippen LogP contribution is 2.27. The van der Waals surface area contributed by atoms with Gasteiger partial charge in [0, 0.05) is 18.0 Å². The Morgan fingerprint density at radius 1 is 1.26 bits per heavy atom. The lowest BCUT2D eigenvalue weighted by Gasteiger charge is -2.21. The monoisotopic (exact) mass is 359 g/mol. The average Bonchev–Trinajstić information content (AvgIpc) is 3.15. The molecule has 0 bridgehead atoms. The molecule has 9 heteroatoms. The second kappa shape index (κ2) is 8.24. The van der Waals surface area contributed by atoms with Crippen LogP contribution in [0.15, 0.2) is 29.0 Å². The van der Waals surface area contributed by atoms with Crippen LogP contribution < -0.4 is 11.1 Å². The summed E-state index contributed by atoms with van der Waals surface area (Å²) in [5.41, 5.74) is 6.15. The number of nitrogens with zero attached hydrogens (tertiary/aromatic N) is 3. The summed E-state index contributed by atoms with van der Waals surface area (Å²) in [5, 5.41) is 6.66. The molecule has 2 heterocycles. The van der Waals surface area contributed by atoms with Gasteiger partial charge in [0.1, 0.15) is 0 Å². The highest BCUT2D eigenvalue weighted by Gasteiger charge is 2.36. The lowest BCUT2D eigenvalue weighted by Crippen LogP contribution is -2.51. The number of hydrogen-bond donors (Lipinski definition) is 2. The Balaban J connectivity index is 0.00000132. The number of amides is 1. The molecule has 3 N–H and O–H groups in total. The lowest BCUT2D eigenvalue weighted by molar-refractivity contribution is -0.126. The summed E-state index contributed by atoms with van der Waals surface area (Å²) >= 11 is 0. The van der Waals surface area contributed by atoms with E-state index in [2.05, 4.69) is 20.4 Å². The Morgan fingerprint density at radius 3 is 2.57 bits per heavy atom. The van der Waals surface area contributed by atoms with E-state index in [4.69, 9.17) is 10.3 Å². The summed E-state index contributed by atoms with van der Waals surface area (Å²) in [5.74, 6) is 0.686. The van der Waals surface area contributed by atoms with Gasteiger partial charge in [0.25, 0.3) is 0 Å². The van der Waals surface area contributed by atoms with Crippen LogP contribution in [0.4, 0.5) is 0 Å². The molecule has 7 nitrogen and oxygen atoms in total. The Bertz CT molecular complexity index is 629. The van der Waals surface area contributed by atoms with E-state index in [1.807, 2.05) is 0 Å². The fraction of sp³-hybridized carbons (Fsp3) is 0.429. The van der Waals surface area contributed by atoms with Crippen LogP contribution >= 0.6 is 24.8 Å². The van der Waals surface area contributed by atoms with Crippen LogP contribution in [0.3, 0.4) is 0 Å². The van der Waals surface area contributed by atoms with E-state index in [1.54, 1.807) is 24.5 Å². The van der Waals surface area contributed by atoms with Crippen molar-refractivity contribution in [2.75, 3.05) is 0 Å². The van der Waals surface area contributed by atoms with Crippen molar-refractivity contribution in [3.05, 3.63) is 30.4 Å². The molecular formula is C14H19Cl2N5O2. The third-order valence-corrected chi connectivity index (χ3v) is 3.75. The summed E-state index contributed by atoms with van der Waals surface area (Å²) in [7, 11) is 0. The molecule has 0 atom stereocenters. The quantitative estimate of drug-likeness (QED) is 0.862. The third-order valence-electron chi connectivity index (χ3n) is 3.75. The summed E-state index contributed by atoms with van der Waals surface area (Å²) in [6, 6.07) is 3.58. The van der Waals surface area contributed by atoms with Crippen molar-refractivity contribution in [2.24, 2.45) is 5.73 Å². The summed E-state index contributed by atoms with van der Waals surface area (Å²) < 4.78 is 5.13. The number of hydrogen-bond acceptors (Lipinski definition) is 6. The maximum Gasteiger partial charge on any atom is 0.246 e. The molecule has 0 radical (unpaired) electrons. The number of nitrogens with one attached hydrogen (secondary N) is 1. The minimum atomic E-state index is -0.742. The first kappa shape index (κ1) is 19.3. The molecule has 126 valence electrons. The number of carbonyl (C=O) groups is 1. The van der Waals surface area contributed by atoms with Gasteiger partial charge in [-0.05, 0) is 25.0 Å². The lowest BCUT2D eigenvalue weighted by atomic mass is 9.98. The minimum Gasteiger partial charge on any atom is -0.345 e. The number of pyridine rings is 1. The molecule has 23 heavy (non-hydrogen) atoms. The molecule has 0 aliphatic heterocycles. The van der Waals surface area contributed by atoms with Crippen molar-refractivity contribution in [3.8, 4) is 11.4 Å². The standard InChI is InChI=1S/C14H17N5O2.2ClH/c15-14(5-1-2-6-14)13(20)17-9-11-18-12(19-21-11)10-3-7-16-8-4-10;;/h3-4,7-8H,1-2,5-6,9,15H2,(H,17,20);2*1H. The maximum atomic E-state index is 12.1. The van der Waals surface area contributed by atoms with Gasteiger partial charge in [-0.3, -0.25) is 9.78 Å². The summed E-state index contributed by atoms with van der Waals surface area (Å²) in [4.78, 5) is 20.3. The highest BCUT2D eigenvalue weighted by atomic mass is 35.5. The van der Waals surface area contributed by atoms with E-state index < -0.39 is 5.54 Å². The normalized spacial score (nSPS) is 15.3. The molecule has 0 aromatic carbocycles. The van der Waals surface area contributed by atoms with Crippen molar-refractivity contribution in [1.82, 2.24) is 20.4 Å². The number of rotatable bonds is 4. The fourth-order valence-electron chi connectivity index (χ4n) is 2.51. The third kappa shape index (κ3) is 4.40. The molecule has 2 aromatic heterocycles. The zero-order valence-electron chi connectivity index (χ0n) is 12.4. The summed E-state index contributed by atoms with van der Waals surface area (Å²) in [6.45, 7) is 0.190. The second-order valence-corrected chi connectivity index (χ2v) is 5.29. The first-order valence-electron chi connectivity index (χ1n) is 6.97. The Labute approximate surface area is 146 Å². The molecule has 0 spiro atoms. The molecule has 2 aromatic rings. The number of nitrogens with two attached hydrogens (primary N) is 1. The first-order chi connectivity index (χ1) is 10.2. The van der Waals surface area contributed by atoms with Gasteiger partial charge in [-0.15, -0.1) is 24.8 Å². The molecule has 0 unspecified atom stereocenters. The van der Waals surface area contributed by atoms with Crippen LogP contribution in [0.2, 0.25) is 0 Å². The smallest absolute Gasteiger partial charge is 0.246 e. The van der Waals surface area contributed by atoms with Gasteiger partial charge in [0.05, 0.1) is 12.1 Å². The van der Waals surface area contributed by atoms with Gasteiger partial charge in [-0.2, -0.15) is 4.98 Å². The van der Waals surface area contributed by atoms with Crippen molar-refractivity contribution in [2.45, 2.75) is 37.8 Å². The van der Waals surface area contributed by atoms with Gasteiger partial charge in [-0.1, -0.05) is 18.0 Å². The van der Waals surface area contributed by atoms with Crippen LogP contribution in [0, 0.1) is 0 Å². The number of carbonyl (C=O) groups excluding carboxylic acids is 1. The Kier molecular flexibility index (Phi) is 6.93. The largest absolute Gasteiger partial charge is 0.345 e. The van der Waals surface area contributed by atoms with Crippen LogP contribution in [0.5, 0.6) is 0 Å².